The average molecular weight is 208 g/mol. The first-order valence-corrected chi connectivity index (χ1v) is 6.49. The molecule has 4 nitrogen and oxygen atoms in total. The van der Waals surface area contributed by atoms with Crippen LogP contribution < -0.4 is 0 Å². The van der Waals surface area contributed by atoms with Gasteiger partial charge in [-0.2, -0.15) is 0 Å². The predicted octanol–water partition coefficient (Wildman–Crippen LogP) is 1.64. The van der Waals surface area contributed by atoms with E-state index < -0.39 is 8.80 Å². The SMILES string of the molecule is CCC[Si](OC)(OC)OCOCC. The first-order valence-electron chi connectivity index (χ1n) is 4.56. The third-order valence-electron chi connectivity index (χ3n) is 1.74. The maximum absolute atomic E-state index is 5.48. The van der Waals surface area contributed by atoms with Gasteiger partial charge >= 0.3 is 8.80 Å². The van der Waals surface area contributed by atoms with Gasteiger partial charge in [0.05, 0.1) is 0 Å². The second-order valence-corrected chi connectivity index (χ2v) is 5.57. The van der Waals surface area contributed by atoms with Gasteiger partial charge in [-0.05, 0) is 6.92 Å². The van der Waals surface area contributed by atoms with Crippen LogP contribution in [0.2, 0.25) is 6.04 Å². The molecule has 0 fully saturated rings. The monoisotopic (exact) mass is 208 g/mol. The third kappa shape index (κ3) is 4.73. The van der Waals surface area contributed by atoms with E-state index in [9.17, 15) is 0 Å². The van der Waals surface area contributed by atoms with Crippen molar-refractivity contribution in [3.63, 3.8) is 0 Å². The van der Waals surface area contributed by atoms with E-state index in [1.165, 1.54) is 0 Å². The molecule has 0 atom stereocenters. The van der Waals surface area contributed by atoms with Crippen molar-refractivity contribution in [1.82, 2.24) is 0 Å². The van der Waals surface area contributed by atoms with Crippen LogP contribution in [0.4, 0.5) is 0 Å². The zero-order valence-corrected chi connectivity index (χ0v) is 9.96. The van der Waals surface area contributed by atoms with Crippen molar-refractivity contribution in [2.45, 2.75) is 26.3 Å². The van der Waals surface area contributed by atoms with Crippen molar-refractivity contribution in [2.24, 2.45) is 0 Å². The minimum atomic E-state index is -2.41. The van der Waals surface area contributed by atoms with E-state index in [1.54, 1.807) is 14.2 Å². The van der Waals surface area contributed by atoms with Gasteiger partial charge in [0.25, 0.3) is 0 Å². The first-order chi connectivity index (χ1) is 6.24. The fraction of sp³-hybridized carbons (Fsp3) is 1.00. The summed E-state index contributed by atoms with van der Waals surface area (Å²) in [7, 11) is 0.839. The molecule has 0 unspecified atom stereocenters. The number of rotatable bonds is 8. The molecule has 0 radical (unpaired) electrons. The maximum Gasteiger partial charge on any atom is 0.502 e. The van der Waals surface area contributed by atoms with Crippen molar-refractivity contribution in [3.8, 4) is 0 Å². The van der Waals surface area contributed by atoms with Crippen molar-refractivity contribution < 1.29 is 18.0 Å². The van der Waals surface area contributed by atoms with Crippen molar-refractivity contribution in [1.29, 1.82) is 0 Å². The van der Waals surface area contributed by atoms with Crippen LogP contribution in [0, 0.1) is 0 Å². The summed E-state index contributed by atoms with van der Waals surface area (Å²) >= 11 is 0. The molecule has 0 heterocycles. The Labute approximate surface area is 81.5 Å². The lowest BCUT2D eigenvalue weighted by atomic mass is 10.6. The molecule has 0 saturated heterocycles. The lowest BCUT2D eigenvalue weighted by Crippen LogP contribution is -2.44. The zero-order chi connectivity index (χ0) is 10.2. The molecule has 0 aliphatic rings. The van der Waals surface area contributed by atoms with Gasteiger partial charge in [0.1, 0.15) is 6.79 Å². The molecule has 80 valence electrons. The van der Waals surface area contributed by atoms with Gasteiger partial charge < -0.3 is 18.0 Å². The molecule has 5 heteroatoms. The smallest absolute Gasteiger partial charge is 0.377 e. The predicted molar refractivity (Wildman–Crippen MR) is 52.4 cm³/mol. The molecule has 0 aromatic carbocycles. The molecular formula is C8H20O4Si. The minimum absolute atomic E-state index is 0.254. The lowest BCUT2D eigenvalue weighted by Gasteiger charge is -2.25. The molecule has 0 bridgehead atoms. The van der Waals surface area contributed by atoms with Crippen LogP contribution in [-0.4, -0.2) is 36.4 Å². The summed E-state index contributed by atoms with van der Waals surface area (Å²) in [4.78, 5) is 0. The highest BCUT2D eigenvalue weighted by Gasteiger charge is 2.37. The molecule has 0 aliphatic heterocycles. The third-order valence-corrected chi connectivity index (χ3v) is 4.66. The van der Waals surface area contributed by atoms with Gasteiger partial charge in [-0.3, -0.25) is 0 Å². The van der Waals surface area contributed by atoms with Gasteiger partial charge in [-0.1, -0.05) is 13.3 Å². The van der Waals surface area contributed by atoms with Crippen LogP contribution >= 0.6 is 0 Å². The van der Waals surface area contributed by atoms with Crippen molar-refractivity contribution >= 4 is 8.80 Å². The molecule has 0 saturated carbocycles. The van der Waals surface area contributed by atoms with E-state index in [4.69, 9.17) is 18.0 Å². The summed E-state index contributed by atoms with van der Waals surface area (Å²) in [5.74, 6) is 0. The van der Waals surface area contributed by atoms with Crippen LogP contribution in [0.15, 0.2) is 0 Å². The summed E-state index contributed by atoms with van der Waals surface area (Å²) in [6.07, 6.45) is 0.986. The van der Waals surface area contributed by atoms with E-state index in [1.807, 2.05) is 6.92 Å². The largest absolute Gasteiger partial charge is 0.502 e. The Hall–Kier alpha value is 0.0569. The Bertz CT molecular complexity index is 117. The van der Waals surface area contributed by atoms with Crippen LogP contribution in [0.1, 0.15) is 20.3 Å². The number of hydrogen-bond donors (Lipinski definition) is 0. The Kier molecular flexibility index (Phi) is 7.49. The molecule has 0 aromatic rings. The maximum atomic E-state index is 5.48. The van der Waals surface area contributed by atoms with E-state index in [2.05, 4.69) is 6.92 Å². The quantitative estimate of drug-likeness (QED) is 0.345. The normalized spacial score (nSPS) is 12.0. The molecule has 0 spiro atoms. The van der Waals surface area contributed by atoms with Crippen LogP contribution in [0.5, 0.6) is 0 Å². The van der Waals surface area contributed by atoms with Crippen molar-refractivity contribution in [3.05, 3.63) is 0 Å². The molecule has 0 N–H and O–H groups in total. The lowest BCUT2D eigenvalue weighted by molar-refractivity contribution is -0.0284. The second-order valence-electron chi connectivity index (χ2n) is 2.60. The van der Waals surface area contributed by atoms with Gasteiger partial charge in [-0.25, -0.2) is 0 Å². The highest BCUT2D eigenvalue weighted by Crippen LogP contribution is 2.15. The Morgan fingerprint density at radius 3 is 2.08 bits per heavy atom. The number of hydrogen-bond acceptors (Lipinski definition) is 4. The summed E-state index contributed by atoms with van der Waals surface area (Å²) in [6, 6.07) is 0.826. The fourth-order valence-electron chi connectivity index (χ4n) is 0.998. The molecule has 13 heavy (non-hydrogen) atoms. The molecule has 0 aliphatic carbocycles. The van der Waals surface area contributed by atoms with E-state index in [0.29, 0.717) is 6.61 Å². The van der Waals surface area contributed by atoms with Gasteiger partial charge in [-0.15, -0.1) is 0 Å². The highest BCUT2D eigenvalue weighted by atomic mass is 28.4. The second kappa shape index (κ2) is 7.46. The highest BCUT2D eigenvalue weighted by molar-refractivity contribution is 6.60. The zero-order valence-electron chi connectivity index (χ0n) is 8.96. The Morgan fingerprint density at radius 2 is 1.69 bits per heavy atom. The Balaban J connectivity index is 3.89. The van der Waals surface area contributed by atoms with Crippen LogP contribution in [0.3, 0.4) is 0 Å². The van der Waals surface area contributed by atoms with E-state index >= 15 is 0 Å². The summed E-state index contributed by atoms with van der Waals surface area (Å²) < 4.78 is 21.1. The fourth-order valence-corrected chi connectivity index (χ4v) is 2.83. The summed E-state index contributed by atoms with van der Waals surface area (Å²) in [5, 5.41) is 0. The minimum Gasteiger partial charge on any atom is -0.377 e. The van der Waals surface area contributed by atoms with E-state index in [-0.39, 0.29) is 6.79 Å². The van der Waals surface area contributed by atoms with E-state index in [0.717, 1.165) is 12.5 Å². The topological polar surface area (TPSA) is 36.9 Å². The number of ether oxygens (including phenoxy) is 1. The average Bonchev–Trinajstić information content (AvgIpc) is 2.17. The standard InChI is InChI=1S/C8H20O4Si/c1-5-7-13(9-3,10-4)12-8-11-6-2/h5-8H2,1-4H3. The molecule has 0 rings (SSSR count). The van der Waals surface area contributed by atoms with Gasteiger partial charge in [0.15, 0.2) is 0 Å². The van der Waals surface area contributed by atoms with Crippen molar-refractivity contribution in [2.75, 3.05) is 27.6 Å². The molecule has 0 aromatic heterocycles. The van der Waals surface area contributed by atoms with Crippen LogP contribution in [-0.2, 0) is 18.0 Å². The summed E-state index contributed by atoms with van der Waals surface area (Å²) in [6.45, 7) is 4.89. The molecule has 0 amide bonds. The first kappa shape index (κ1) is 13.1. The van der Waals surface area contributed by atoms with Crippen LogP contribution in [0.25, 0.3) is 0 Å². The van der Waals surface area contributed by atoms with Gasteiger partial charge in [0.2, 0.25) is 0 Å². The van der Waals surface area contributed by atoms with Gasteiger partial charge in [0, 0.05) is 26.9 Å². The summed E-state index contributed by atoms with van der Waals surface area (Å²) in [5.41, 5.74) is 0. The molecular weight excluding hydrogens is 188 g/mol. The Morgan fingerprint density at radius 1 is 1.08 bits per heavy atom.